The molecule has 0 unspecified atom stereocenters. The monoisotopic (exact) mass is 178 g/mol. The van der Waals surface area contributed by atoms with Crippen LogP contribution in [0.3, 0.4) is 0 Å². The van der Waals surface area contributed by atoms with Crippen molar-refractivity contribution >= 4 is 5.91 Å². The van der Waals surface area contributed by atoms with E-state index in [1.165, 1.54) is 0 Å². The standard InChI is InChI=1S/C10H14N2O/c1-8-5-4-6-11-10(8)7-12(3)9(2)13/h4-6H,7H2,1-3H3. The summed E-state index contributed by atoms with van der Waals surface area (Å²) in [5.41, 5.74) is 2.08. The van der Waals surface area contributed by atoms with Crippen molar-refractivity contribution in [3.8, 4) is 0 Å². The molecule has 0 radical (unpaired) electrons. The SMILES string of the molecule is CC(=O)N(C)Cc1ncccc1C. The molecule has 0 aliphatic heterocycles. The van der Waals surface area contributed by atoms with Gasteiger partial charge in [0, 0.05) is 20.2 Å². The van der Waals surface area contributed by atoms with Gasteiger partial charge in [-0.2, -0.15) is 0 Å². The highest BCUT2D eigenvalue weighted by Gasteiger charge is 2.05. The van der Waals surface area contributed by atoms with Gasteiger partial charge in [-0.1, -0.05) is 6.07 Å². The van der Waals surface area contributed by atoms with Crippen molar-refractivity contribution in [2.24, 2.45) is 0 Å². The van der Waals surface area contributed by atoms with E-state index in [0.717, 1.165) is 11.3 Å². The minimum Gasteiger partial charge on any atom is -0.340 e. The number of rotatable bonds is 2. The normalized spacial score (nSPS) is 9.77. The Labute approximate surface area is 78.4 Å². The van der Waals surface area contributed by atoms with Gasteiger partial charge >= 0.3 is 0 Å². The van der Waals surface area contributed by atoms with Gasteiger partial charge in [-0.05, 0) is 18.6 Å². The van der Waals surface area contributed by atoms with Crippen LogP contribution >= 0.6 is 0 Å². The Morgan fingerprint density at radius 1 is 1.62 bits per heavy atom. The maximum atomic E-state index is 11.0. The molecule has 1 aromatic heterocycles. The first-order valence-electron chi connectivity index (χ1n) is 4.23. The van der Waals surface area contributed by atoms with Crippen LogP contribution in [0.2, 0.25) is 0 Å². The molecule has 70 valence electrons. The second-order valence-electron chi connectivity index (χ2n) is 3.14. The number of pyridine rings is 1. The zero-order valence-electron chi connectivity index (χ0n) is 8.24. The van der Waals surface area contributed by atoms with E-state index in [2.05, 4.69) is 4.98 Å². The van der Waals surface area contributed by atoms with Crippen LogP contribution in [0, 0.1) is 6.92 Å². The van der Waals surface area contributed by atoms with E-state index in [0.29, 0.717) is 6.54 Å². The third kappa shape index (κ3) is 2.54. The Hall–Kier alpha value is -1.38. The third-order valence-electron chi connectivity index (χ3n) is 2.04. The molecule has 13 heavy (non-hydrogen) atoms. The van der Waals surface area contributed by atoms with Crippen LogP contribution in [0.1, 0.15) is 18.2 Å². The fraction of sp³-hybridized carbons (Fsp3) is 0.400. The first kappa shape index (κ1) is 9.71. The van der Waals surface area contributed by atoms with Crippen molar-refractivity contribution in [2.75, 3.05) is 7.05 Å². The van der Waals surface area contributed by atoms with E-state index in [9.17, 15) is 4.79 Å². The number of hydrogen-bond acceptors (Lipinski definition) is 2. The predicted octanol–water partition coefficient (Wildman–Crippen LogP) is 1.37. The molecule has 1 aromatic rings. The Kier molecular flexibility index (Phi) is 3.01. The molecular formula is C10H14N2O. The van der Waals surface area contributed by atoms with Gasteiger partial charge < -0.3 is 4.90 Å². The first-order valence-corrected chi connectivity index (χ1v) is 4.23. The molecule has 3 nitrogen and oxygen atoms in total. The Bertz CT molecular complexity index is 310. The summed E-state index contributed by atoms with van der Waals surface area (Å²) < 4.78 is 0. The number of aromatic nitrogens is 1. The highest BCUT2D eigenvalue weighted by Crippen LogP contribution is 2.05. The van der Waals surface area contributed by atoms with Gasteiger partial charge in [-0.15, -0.1) is 0 Å². The Morgan fingerprint density at radius 2 is 2.31 bits per heavy atom. The van der Waals surface area contributed by atoms with Gasteiger partial charge in [0.15, 0.2) is 0 Å². The zero-order valence-corrected chi connectivity index (χ0v) is 8.24. The summed E-state index contributed by atoms with van der Waals surface area (Å²) in [6.07, 6.45) is 1.75. The number of nitrogens with zero attached hydrogens (tertiary/aromatic N) is 2. The molecule has 0 fully saturated rings. The van der Waals surface area contributed by atoms with Crippen molar-refractivity contribution in [3.63, 3.8) is 0 Å². The largest absolute Gasteiger partial charge is 0.340 e. The summed E-state index contributed by atoms with van der Waals surface area (Å²) >= 11 is 0. The molecule has 1 rings (SSSR count). The van der Waals surface area contributed by atoms with E-state index >= 15 is 0 Å². The van der Waals surface area contributed by atoms with Crippen LogP contribution < -0.4 is 0 Å². The summed E-state index contributed by atoms with van der Waals surface area (Å²) in [5.74, 6) is 0.0602. The van der Waals surface area contributed by atoms with Crippen LogP contribution in [-0.2, 0) is 11.3 Å². The van der Waals surface area contributed by atoms with E-state index < -0.39 is 0 Å². The summed E-state index contributed by atoms with van der Waals surface area (Å²) in [4.78, 5) is 16.8. The van der Waals surface area contributed by atoms with Crippen LogP contribution in [0.4, 0.5) is 0 Å². The van der Waals surface area contributed by atoms with Crippen LogP contribution in [0.25, 0.3) is 0 Å². The lowest BCUT2D eigenvalue weighted by molar-refractivity contribution is -0.128. The van der Waals surface area contributed by atoms with Crippen molar-refractivity contribution in [2.45, 2.75) is 20.4 Å². The molecular weight excluding hydrogens is 164 g/mol. The number of hydrogen-bond donors (Lipinski definition) is 0. The van der Waals surface area contributed by atoms with Crippen LogP contribution in [-0.4, -0.2) is 22.8 Å². The fourth-order valence-electron chi connectivity index (χ4n) is 1.02. The molecule has 1 heterocycles. The number of aryl methyl sites for hydroxylation is 1. The average Bonchev–Trinajstić information content (AvgIpc) is 2.08. The lowest BCUT2D eigenvalue weighted by Crippen LogP contribution is -2.24. The number of carbonyl (C=O) groups is 1. The van der Waals surface area contributed by atoms with Gasteiger partial charge in [-0.25, -0.2) is 0 Å². The second kappa shape index (κ2) is 4.03. The molecule has 0 aliphatic carbocycles. The smallest absolute Gasteiger partial charge is 0.219 e. The lowest BCUT2D eigenvalue weighted by Gasteiger charge is -2.15. The predicted molar refractivity (Wildman–Crippen MR) is 51.1 cm³/mol. The first-order chi connectivity index (χ1) is 6.11. The molecule has 0 saturated carbocycles. The van der Waals surface area contributed by atoms with E-state index in [1.807, 2.05) is 19.1 Å². The van der Waals surface area contributed by atoms with Gasteiger partial charge in [-0.3, -0.25) is 9.78 Å². The van der Waals surface area contributed by atoms with Gasteiger partial charge in [0.2, 0.25) is 5.91 Å². The molecule has 1 amide bonds. The van der Waals surface area contributed by atoms with Gasteiger partial charge in [0.25, 0.3) is 0 Å². The van der Waals surface area contributed by atoms with Crippen molar-refractivity contribution in [1.82, 2.24) is 9.88 Å². The van der Waals surface area contributed by atoms with Gasteiger partial charge in [0.05, 0.1) is 12.2 Å². The second-order valence-corrected chi connectivity index (χ2v) is 3.14. The summed E-state index contributed by atoms with van der Waals surface area (Å²) in [6, 6.07) is 3.89. The van der Waals surface area contributed by atoms with Crippen molar-refractivity contribution < 1.29 is 4.79 Å². The topological polar surface area (TPSA) is 33.2 Å². The average molecular weight is 178 g/mol. The van der Waals surface area contributed by atoms with E-state index in [4.69, 9.17) is 0 Å². The molecule has 0 aliphatic rings. The van der Waals surface area contributed by atoms with E-state index in [1.54, 1.807) is 25.1 Å². The highest BCUT2D eigenvalue weighted by molar-refractivity contribution is 5.72. The minimum absolute atomic E-state index is 0.0602. The zero-order chi connectivity index (χ0) is 9.84. The Morgan fingerprint density at radius 3 is 2.85 bits per heavy atom. The minimum atomic E-state index is 0.0602. The molecule has 0 N–H and O–H groups in total. The number of amides is 1. The fourth-order valence-corrected chi connectivity index (χ4v) is 1.02. The highest BCUT2D eigenvalue weighted by atomic mass is 16.2. The Balaban J connectivity index is 2.74. The molecule has 3 heteroatoms. The summed E-state index contributed by atoms with van der Waals surface area (Å²) in [6.45, 7) is 4.14. The van der Waals surface area contributed by atoms with Crippen LogP contribution in [0.15, 0.2) is 18.3 Å². The van der Waals surface area contributed by atoms with Crippen molar-refractivity contribution in [1.29, 1.82) is 0 Å². The molecule has 0 saturated heterocycles. The summed E-state index contributed by atoms with van der Waals surface area (Å²) in [7, 11) is 1.77. The molecule has 0 aromatic carbocycles. The quantitative estimate of drug-likeness (QED) is 0.685. The molecule has 0 bridgehead atoms. The molecule has 0 atom stereocenters. The lowest BCUT2D eigenvalue weighted by atomic mass is 10.2. The van der Waals surface area contributed by atoms with E-state index in [-0.39, 0.29) is 5.91 Å². The maximum Gasteiger partial charge on any atom is 0.219 e. The molecule has 0 spiro atoms. The maximum absolute atomic E-state index is 11.0. The van der Waals surface area contributed by atoms with Gasteiger partial charge in [0.1, 0.15) is 0 Å². The summed E-state index contributed by atoms with van der Waals surface area (Å²) in [5, 5.41) is 0. The number of carbonyl (C=O) groups excluding carboxylic acids is 1. The van der Waals surface area contributed by atoms with Crippen molar-refractivity contribution in [3.05, 3.63) is 29.6 Å². The van der Waals surface area contributed by atoms with Crippen LogP contribution in [0.5, 0.6) is 0 Å². The third-order valence-corrected chi connectivity index (χ3v) is 2.04.